The van der Waals surface area contributed by atoms with Gasteiger partial charge in [0.25, 0.3) is 6.43 Å². The number of carbonyl (C=O) groups excluding carboxylic acids is 1. The molecule has 3 aliphatic rings. The number of hydrogen-bond donors (Lipinski definition) is 0. The van der Waals surface area contributed by atoms with Crippen LogP contribution in [0.25, 0.3) is 17.0 Å². The van der Waals surface area contributed by atoms with Crippen molar-refractivity contribution >= 4 is 28.7 Å². The van der Waals surface area contributed by atoms with Crippen molar-refractivity contribution in [3.8, 4) is 5.95 Å². The normalized spacial score (nSPS) is 19.4. The number of urea groups is 1. The minimum absolute atomic E-state index is 0.0755. The molecule has 0 bridgehead atoms. The van der Waals surface area contributed by atoms with E-state index in [1.165, 1.54) is 4.57 Å². The predicted molar refractivity (Wildman–Crippen MR) is 143 cm³/mol. The van der Waals surface area contributed by atoms with E-state index in [1.807, 2.05) is 15.9 Å². The van der Waals surface area contributed by atoms with Crippen molar-refractivity contribution in [1.82, 2.24) is 34.2 Å². The molecule has 0 atom stereocenters. The fraction of sp³-hybridized carbons (Fsp3) is 0.538. The summed E-state index contributed by atoms with van der Waals surface area (Å²) in [6.07, 6.45) is -2.79. The van der Waals surface area contributed by atoms with Crippen molar-refractivity contribution < 1.29 is 18.3 Å². The largest absolute Gasteiger partial charge is 0.378 e. The highest BCUT2D eigenvalue weighted by atomic mass is 19.3. The van der Waals surface area contributed by atoms with Gasteiger partial charge in [-0.25, -0.2) is 18.6 Å². The number of nitrogens with zero attached hydrogens (tertiary/aromatic N) is 9. The van der Waals surface area contributed by atoms with Crippen molar-refractivity contribution in [2.24, 2.45) is 0 Å². The van der Waals surface area contributed by atoms with Crippen LogP contribution in [0.4, 0.5) is 25.2 Å². The topological polar surface area (TPSA) is 86.1 Å². The summed E-state index contributed by atoms with van der Waals surface area (Å²) in [4.78, 5) is 37.0. The smallest absolute Gasteiger partial charge is 0.320 e. The summed E-state index contributed by atoms with van der Waals surface area (Å²) >= 11 is 0. The van der Waals surface area contributed by atoms with E-state index >= 15 is 0 Å². The molecule has 2 aromatic heterocycles. The first kappa shape index (κ1) is 25.7. The number of fused-ring (bicyclic) bond motifs is 1. The lowest BCUT2D eigenvalue weighted by Crippen LogP contribution is -2.56. The highest BCUT2D eigenvalue weighted by Crippen LogP contribution is 2.29. The van der Waals surface area contributed by atoms with Crippen LogP contribution in [0.5, 0.6) is 0 Å². The van der Waals surface area contributed by atoms with Gasteiger partial charge in [0.15, 0.2) is 5.82 Å². The third kappa shape index (κ3) is 5.20. The van der Waals surface area contributed by atoms with E-state index in [0.29, 0.717) is 75.2 Å². The van der Waals surface area contributed by atoms with Crippen molar-refractivity contribution in [3.63, 3.8) is 0 Å². The Hall–Kier alpha value is -3.58. The molecule has 3 fully saturated rings. The van der Waals surface area contributed by atoms with Crippen molar-refractivity contribution in [2.45, 2.75) is 6.43 Å². The van der Waals surface area contributed by atoms with Crippen LogP contribution >= 0.6 is 0 Å². The van der Waals surface area contributed by atoms with E-state index in [0.717, 1.165) is 26.2 Å². The highest BCUT2D eigenvalue weighted by Gasteiger charge is 2.29. The van der Waals surface area contributed by atoms with Gasteiger partial charge in [0.05, 0.1) is 24.2 Å². The standard InChI is InChI=1S/C26H33F2N9O2/c1-32-6-8-35(9-7-32)26(38)36-12-10-33(11-13-36)21-18-22(34-14-16-39-17-15-34)31-25(30-21)37-20-5-3-2-4-19(20)29-24(37)23(27)28/h2-5,18,23H,6-17H2,1H3. The third-order valence-corrected chi connectivity index (χ3v) is 7.65. The molecule has 3 saturated heterocycles. The summed E-state index contributed by atoms with van der Waals surface area (Å²) in [6, 6.07) is 9.01. The summed E-state index contributed by atoms with van der Waals surface area (Å²) in [5.74, 6) is 1.08. The SMILES string of the molecule is CN1CCN(C(=O)N2CCN(c3cc(N4CCOCC4)nc(-n4c(C(F)F)nc5ccccc54)n3)CC2)CC1. The van der Waals surface area contributed by atoms with Crippen LogP contribution in [0.15, 0.2) is 30.3 Å². The zero-order chi connectivity index (χ0) is 26.9. The van der Waals surface area contributed by atoms with Crippen LogP contribution < -0.4 is 9.80 Å². The van der Waals surface area contributed by atoms with E-state index in [-0.39, 0.29) is 17.8 Å². The van der Waals surface area contributed by atoms with Gasteiger partial charge in [-0.15, -0.1) is 0 Å². The number of likely N-dealkylation sites (N-methyl/N-ethyl adjacent to an activating group) is 1. The first-order valence-electron chi connectivity index (χ1n) is 13.4. The molecule has 208 valence electrons. The molecular formula is C26H33F2N9O2. The minimum atomic E-state index is -2.79. The molecule has 0 radical (unpaired) electrons. The molecule has 5 heterocycles. The Morgan fingerprint density at radius 2 is 1.41 bits per heavy atom. The number of hydrogen-bond acceptors (Lipinski definition) is 8. The number of para-hydroxylation sites is 2. The fourth-order valence-corrected chi connectivity index (χ4v) is 5.35. The fourth-order valence-electron chi connectivity index (χ4n) is 5.35. The van der Waals surface area contributed by atoms with Crippen molar-refractivity contribution in [1.29, 1.82) is 0 Å². The number of ether oxygens (including phenoxy) is 1. The lowest BCUT2D eigenvalue weighted by Gasteiger charge is -2.40. The van der Waals surface area contributed by atoms with Gasteiger partial charge >= 0.3 is 6.03 Å². The molecule has 3 aromatic rings. The van der Waals surface area contributed by atoms with Crippen LogP contribution in [0.2, 0.25) is 0 Å². The zero-order valence-electron chi connectivity index (χ0n) is 22.0. The average Bonchev–Trinajstić information content (AvgIpc) is 3.38. The maximum atomic E-state index is 14.1. The maximum absolute atomic E-state index is 14.1. The van der Waals surface area contributed by atoms with Crippen molar-refractivity contribution in [3.05, 3.63) is 36.2 Å². The molecule has 1 aromatic carbocycles. The van der Waals surface area contributed by atoms with Crippen LogP contribution in [0.3, 0.4) is 0 Å². The predicted octanol–water partition coefficient (Wildman–Crippen LogP) is 2.08. The molecule has 3 aliphatic heterocycles. The van der Waals surface area contributed by atoms with E-state index in [9.17, 15) is 13.6 Å². The van der Waals surface area contributed by atoms with Crippen LogP contribution in [-0.2, 0) is 4.74 Å². The zero-order valence-corrected chi connectivity index (χ0v) is 22.0. The second-order valence-electron chi connectivity index (χ2n) is 10.1. The molecular weight excluding hydrogens is 508 g/mol. The number of imidazole rings is 1. The number of amides is 2. The Morgan fingerprint density at radius 1 is 0.821 bits per heavy atom. The van der Waals surface area contributed by atoms with Gasteiger partial charge in [0, 0.05) is 71.5 Å². The number of rotatable bonds is 4. The minimum Gasteiger partial charge on any atom is -0.378 e. The maximum Gasteiger partial charge on any atom is 0.320 e. The summed E-state index contributed by atoms with van der Waals surface area (Å²) in [5, 5.41) is 0. The second-order valence-corrected chi connectivity index (χ2v) is 10.1. The number of piperazine rings is 2. The lowest BCUT2D eigenvalue weighted by molar-refractivity contribution is 0.120. The first-order chi connectivity index (χ1) is 19.0. The Labute approximate surface area is 225 Å². The number of anilines is 2. The Morgan fingerprint density at radius 3 is 2.05 bits per heavy atom. The van der Waals surface area contributed by atoms with Gasteiger partial charge in [-0.3, -0.25) is 4.57 Å². The Balaban J connectivity index is 1.30. The van der Waals surface area contributed by atoms with Crippen molar-refractivity contribution in [2.75, 3.05) is 95.5 Å². The molecule has 0 saturated carbocycles. The molecule has 6 rings (SSSR count). The Bertz CT molecular complexity index is 1310. The first-order valence-corrected chi connectivity index (χ1v) is 13.4. The van der Waals surface area contributed by atoms with Gasteiger partial charge in [-0.2, -0.15) is 9.97 Å². The van der Waals surface area contributed by atoms with Gasteiger partial charge in [0.1, 0.15) is 11.6 Å². The second kappa shape index (κ2) is 10.9. The van der Waals surface area contributed by atoms with Crippen LogP contribution in [0.1, 0.15) is 12.2 Å². The van der Waals surface area contributed by atoms with E-state index in [4.69, 9.17) is 14.7 Å². The van der Waals surface area contributed by atoms with Gasteiger partial charge in [-0.05, 0) is 19.2 Å². The lowest BCUT2D eigenvalue weighted by atomic mass is 10.3. The van der Waals surface area contributed by atoms with Gasteiger partial charge < -0.3 is 29.2 Å². The monoisotopic (exact) mass is 541 g/mol. The average molecular weight is 542 g/mol. The van der Waals surface area contributed by atoms with E-state index in [2.05, 4.69) is 26.7 Å². The number of alkyl halides is 2. The molecule has 0 N–H and O–H groups in total. The summed E-state index contributed by atoms with van der Waals surface area (Å²) in [6.45, 7) is 7.96. The van der Waals surface area contributed by atoms with E-state index in [1.54, 1.807) is 24.3 Å². The Kier molecular flexibility index (Phi) is 7.17. The molecule has 11 nitrogen and oxygen atoms in total. The number of halogens is 2. The summed E-state index contributed by atoms with van der Waals surface area (Å²) < 4.78 is 35.1. The van der Waals surface area contributed by atoms with Crippen LogP contribution in [-0.4, -0.2) is 126 Å². The van der Waals surface area contributed by atoms with E-state index < -0.39 is 6.43 Å². The van der Waals surface area contributed by atoms with Crippen LogP contribution in [0, 0.1) is 0 Å². The molecule has 0 spiro atoms. The number of benzene rings is 1. The molecule has 13 heteroatoms. The third-order valence-electron chi connectivity index (χ3n) is 7.65. The molecule has 0 unspecified atom stereocenters. The molecule has 0 aliphatic carbocycles. The highest BCUT2D eigenvalue weighted by molar-refractivity contribution is 5.78. The summed E-state index contributed by atoms with van der Waals surface area (Å²) in [5.41, 5.74) is 0.992. The number of aromatic nitrogens is 4. The summed E-state index contributed by atoms with van der Waals surface area (Å²) in [7, 11) is 2.07. The molecule has 39 heavy (non-hydrogen) atoms. The number of morpholine rings is 1. The molecule has 2 amide bonds. The number of carbonyl (C=O) groups is 1. The van der Waals surface area contributed by atoms with Gasteiger partial charge in [0.2, 0.25) is 5.95 Å². The van der Waals surface area contributed by atoms with Gasteiger partial charge in [-0.1, -0.05) is 12.1 Å². The quantitative estimate of drug-likeness (QED) is 0.497.